The average Bonchev–Trinajstić information content (AvgIpc) is 2.41. The number of nitrogens with one attached hydrogen (secondary N) is 1. The van der Waals surface area contributed by atoms with Crippen LogP contribution in [-0.4, -0.2) is 36.5 Å². The molecule has 0 spiro atoms. The first-order chi connectivity index (χ1) is 8.65. The molecule has 1 amide bonds. The van der Waals surface area contributed by atoms with Gasteiger partial charge in [0.2, 0.25) is 0 Å². The summed E-state index contributed by atoms with van der Waals surface area (Å²) in [7, 11) is 0. The molecular weight excluding hydrogens is 233 g/mol. The first-order valence-electron chi connectivity index (χ1n) is 5.81. The minimum Gasteiger partial charge on any atom is -0.320 e. The van der Waals surface area contributed by atoms with Gasteiger partial charge in [-0.05, 0) is 18.6 Å². The highest BCUT2D eigenvalue weighted by Crippen LogP contribution is 2.16. The molecule has 0 bridgehead atoms. The van der Waals surface area contributed by atoms with E-state index < -0.39 is 17.8 Å². The molecule has 1 N–H and O–H groups in total. The topological polar surface area (TPSA) is 56.1 Å². The molecule has 0 radical (unpaired) electrons. The van der Waals surface area contributed by atoms with E-state index in [-0.39, 0.29) is 5.56 Å². The number of halogens is 1. The second-order valence-electron chi connectivity index (χ2n) is 4.28. The van der Waals surface area contributed by atoms with E-state index in [1.807, 2.05) is 0 Å². The third-order valence-corrected chi connectivity index (χ3v) is 3.08. The predicted molar refractivity (Wildman–Crippen MR) is 64.4 cm³/mol. The standard InChI is InChI=1S/C13H14FN3O/c1-9-3-2-4-11(12(9)14)13(18)17-6-5-16-8-10(17)7-15/h2-4,10,16H,5-6,8H2,1H3. The van der Waals surface area contributed by atoms with Crippen LogP contribution in [0.25, 0.3) is 0 Å². The summed E-state index contributed by atoms with van der Waals surface area (Å²) in [5.41, 5.74) is 0.474. The summed E-state index contributed by atoms with van der Waals surface area (Å²) in [6.45, 7) is 3.09. The number of nitriles is 1. The zero-order valence-corrected chi connectivity index (χ0v) is 10.1. The van der Waals surface area contributed by atoms with Crippen LogP contribution in [0.4, 0.5) is 4.39 Å². The van der Waals surface area contributed by atoms with Crippen molar-refractivity contribution in [2.75, 3.05) is 19.6 Å². The highest BCUT2D eigenvalue weighted by molar-refractivity contribution is 5.95. The smallest absolute Gasteiger partial charge is 0.258 e. The van der Waals surface area contributed by atoms with E-state index >= 15 is 0 Å². The van der Waals surface area contributed by atoms with Crippen molar-refractivity contribution in [3.63, 3.8) is 0 Å². The fourth-order valence-corrected chi connectivity index (χ4v) is 2.03. The van der Waals surface area contributed by atoms with Crippen LogP contribution in [0.1, 0.15) is 15.9 Å². The number of piperazine rings is 1. The van der Waals surface area contributed by atoms with E-state index in [0.717, 1.165) is 0 Å². The molecule has 4 nitrogen and oxygen atoms in total. The predicted octanol–water partition coefficient (Wildman–Crippen LogP) is 1.07. The molecule has 1 aliphatic rings. The molecule has 1 saturated heterocycles. The SMILES string of the molecule is Cc1cccc(C(=O)N2CCNCC2C#N)c1F. The normalized spacial score (nSPS) is 19.4. The molecule has 0 aliphatic carbocycles. The average molecular weight is 247 g/mol. The number of nitrogens with zero attached hydrogens (tertiary/aromatic N) is 2. The van der Waals surface area contributed by atoms with Crippen LogP contribution in [0.3, 0.4) is 0 Å². The Bertz CT molecular complexity index is 509. The van der Waals surface area contributed by atoms with Gasteiger partial charge < -0.3 is 10.2 Å². The van der Waals surface area contributed by atoms with Crippen LogP contribution < -0.4 is 5.32 Å². The van der Waals surface area contributed by atoms with Gasteiger partial charge in [0, 0.05) is 19.6 Å². The Morgan fingerprint density at radius 2 is 2.39 bits per heavy atom. The maximum Gasteiger partial charge on any atom is 0.258 e. The molecule has 1 atom stereocenters. The number of amides is 1. The van der Waals surface area contributed by atoms with Crippen LogP contribution >= 0.6 is 0 Å². The molecule has 1 aromatic carbocycles. The van der Waals surface area contributed by atoms with Crippen molar-refractivity contribution in [2.24, 2.45) is 0 Å². The van der Waals surface area contributed by atoms with Crippen LogP contribution in [0.5, 0.6) is 0 Å². The fraction of sp³-hybridized carbons (Fsp3) is 0.385. The van der Waals surface area contributed by atoms with Gasteiger partial charge in [-0.25, -0.2) is 4.39 Å². The van der Waals surface area contributed by atoms with Crippen LogP contribution in [0.2, 0.25) is 0 Å². The number of benzene rings is 1. The van der Waals surface area contributed by atoms with Gasteiger partial charge >= 0.3 is 0 Å². The van der Waals surface area contributed by atoms with Gasteiger partial charge in [-0.2, -0.15) is 5.26 Å². The monoisotopic (exact) mass is 247 g/mol. The molecule has 0 saturated carbocycles. The Hall–Kier alpha value is -1.93. The molecule has 1 aliphatic heterocycles. The van der Waals surface area contributed by atoms with Gasteiger partial charge in [0.1, 0.15) is 11.9 Å². The molecule has 94 valence electrons. The minimum atomic E-state index is -0.536. The van der Waals surface area contributed by atoms with E-state index in [1.54, 1.807) is 19.1 Å². The van der Waals surface area contributed by atoms with Gasteiger partial charge in [0.05, 0.1) is 11.6 Å². The summed E-state index contributed by atoms with van der Waals surface area (Å²) in [6.07, 6.45) is 0. The first-order valence-corrected chi connectivity index (χ1v) is 5.81. The molecule has 1 aromatic rings. The number of carbonyl (C=O) groups is 1. The number of carbonyl (C=O) groups excluding carboxylic acids is 1. The molecule has 0 aromatic heterocycles. The lowest BCUT2D eigenvalue weighted by Gasteiger charge is -2.32. The molecular formula is C13H14FN3O. The zero-order valence-electron chi connectivity index (χ0n) is 10.1. The Morgan fingerprint density at radius 1 is 1.61 bits per heavy atom. The molecule has 2 rings (SSSR count). The van der Waals surface area contributed by atoms with E-state index in [1.165, 1.54) is 11.0 Å². The van der Waals surface area contributed by atoms with Gasteiger partial charge in [0.25, 0.3) is 5.91 Å². The highest BCUT2D eigenvalue weighted by Gasteiger charge is 2.28. The molecule has 1 heterocycles. The molecule has 1 unspecified atom stereocenters. The van der Waals surface area contributed by atoms with Crippen molar-refractivity contribution in [3.8, 4) is 6.07 Å². The largest absolute Gasteiger partial charge is 0.320 e. The third kappa shape index (κ3) is 2.20. The second-order valence-corrected chi connectivity index (χ2v) is 4.28. The quantitative estimate of drug-likeness (QED) is 0.807. The van der Waals surface area contributed by atoms with Crippen molar-refractivity contribution in [2.45, 2.75) is 13.0 Å². The number of hydrogen-bond acceptors (Lipinski definition) is 3. The van der Waals surface area contributed by atoms with Gasteiger partial charge in [-0.3, -0.25) is 4.79 Å². The Morgan fingerprint density at radius 3 is 3.11 bits per heavy atom. The fourth-order valence-electron chi connectivity index (χ4n) is 2.03. The van der Waals surface area contributed by atoms with E-state index in [0.29, 0.717) is 25.2 Å². The van der Waals surface area contributed by atoms with E-state index in [9.17, 15) is 9.18 Å². The summed E-state index contributed by atoms with van der Waals surface area (Å²) in [5.74, 6) is -0.915. The molecule has 1 fully saturated rings. The first kappa shape index (κ1) is 12.5. The summed E-state index contributed by atoms with van der Waals surface area (Å²) in [6, 6.07) is 6.25. The van der Waals surface area contributed by atoms with Crippen molar-refractivity contribution in [1.29, 1.82) is 5.26 Å². The van der Waals surface area contributed by atoms with Crippen molar-refractivity contribution in [3.05, 3.63) is 35.1 Å². The van der Waals surface area contributed by atoms with Crippen molar-refractivity contribution in [1.82, 2.24) is 10.2 Å². The Kier molecular flexibility index (Phi) is 3.58. The van der Waals surface area contributed by atoms with Gasteiger partial charge in [0.15, 0.2) is 0 Å². The van der Waals surface area contributed by atoms with E-state index in [2.05, 4.69) is 11.4 Å². The van der Waals surface area contributed by atoms with Crippen LogP contribution in [-0.2, 0) is 0 Å². The lowest BCUT2D eigenvalue weighted by molar-refractivity contribution is 0.0682. The lowest BCUT2D eigenvalue weighted by atomic mass is 10.1. The number of hydrogen-bond donors (Lipinski definition) is 1. The number of rotatable bonds is 1. The maximum absolute atomic E-state index is 13.9. The minimum absolute atomic E-state index is 0.0390. The Balaban J connectivity index is 2.30. The van der Waals surface area contributed by atoms with Gasteiger partial charge in [-0.15, -0.1) is 0 Å². The van der Waals surface area contributed by atoms with Gasteiger partial charge in [-0.1, -0.05) is 12.1 Å². The lowest BCUT2D eigenvalue weighted by Crippen LogP contribution is -2.53. The maximum atomic E-state index is 13.9. The van der Waals surface area contributed by atoms with Crippen molar-refractivity contribution >= 4 is 5.91 Å². The van der Waals surface area contributed by atoms with Crippen LogP contribution in [0.15, 0.2) is 18.2 Å². The number of aryl methyl sites for hydroxylation is 1. The summed E-state index contributed by atoms with van der Waals surface area (Å²) < 4.78 is 13.9. The molecule has 5 heteroatoms. The van der Waals surface area contributed by atoms with Crippen LogP contribution in [0, 0.1) is 24.1 Å². The van der Waals surface area contributed by atoms with E-state index in [4.69, 9.17) is 5.26 Å². The summed E-state index contributed by atoms with van der Waals surface area (Å²) >= 11 is 0. The summed E-state index contributed by atoms with van der Waals surface area (Å²) in [5, 5.41) is 12.0. The highest BCUT2D eigenvalue weighted by atomic mass is 19.1. The molecule has 18 heavy (non-hydrogen) atoms. The second kappa shape index (κ2) is 5.15. The summed E-state index contributed by atoms with van der Waals surface area (Å²) in [4.78, 5) is 13.7. The Labute approximate surface area is 105 Å². The van der Waals surface area contributed by atoms with Crippen molar-refractivity contribution < 1.29 is 9.18 Å². The third-order valence-electron chi connectivity index (χ3n) is 3.08. The zero-order chi connectivity index (χ0) is 13.1.